The lowest BCUT2D eigenvalue weighted by Gasteiger charge is -2.09. The first kappa shape index (κ1) is 11.7. The van der Waals surface area contributed by atoms with Gasteiger partial charge in [0.2, 0.25) is 0 Å². The molecule has 0 aliphatic rings. The second kappa shape index (κ2) is 5.55. The van der Waals surface area contributed by atoms with Crippen LogP contribution < -0.4 is 4.74 Å². The average Bonchev–Trinajstić information content (AvgIpc) is 2.35. The van der Waals surface area contributed by atoms with Gasteiger partial charge in [-0.1, -0.05) is 24.3 Å². The highest BCUT2D eigenvalue weighted by molar-refractivity contribution is 5.85. The van der Waals surface area contributed by atoms with Crippen LogP contribution in [0.5, 0.6) is 11.5 Å². The number of ether oxygens (including phenoxy) is 1. The fourth-order valence-corrected chi connectivity index (χ4v) is 1.72. The van der Waals surface area contributed by atoms with E-state index in [2.05, 4.69) is 0 Å². The van der Waals surface area contributed by atoms with Gasteiger partial charge in [0.25, 0.3) is 0 Å². The lowest BCUT2D eigenvalue weighted by molar-refractivity contribution is 0.249. The molecule has 0 unspecified atom stereocenters. The van der Waals surface area contributed by atoms with Gasteiger partial charge in [-0.05, 0) is 35.7 Å². The summed E-state index contributed by atoms with van der Waals surface area (Å²) in [4.78, 5) is 0. The van der Waals surface area contributed by atoms with E-state index in [4.69, 9.17) is 9.84 Å². The SMILES string of the molecule is OCCCCOc1cc2ccccc2cc1O. The first-order valence-electron chi connectivity index (χ1n) is 5.76. The number of rotatable bonds is 5. The molecule has 0 atom stereocenters. The van der Waals surface area contributed by atoms with Gasteiger partial charge in [-0.25, -0.2) is 0 Å². The zero-order valence-corrected chi connectivity index (χ0v) is 9.60. The molecule has 0 saturated heterocycles. The van der Waals surface area contributed by atoms with Crippen LogP contribution in [-0.2, 0) is 0 Å². The van der Waals surface area contributed by atoms with Crippen molar-refractivity contribution in [3.05, 3.63) is 36.4 Å². The Morgan fingerprint density at radius 2 is 1.71 bits per heavy atom. The normalized spacial score (nSPS) is 10.6. The highest BCUT2D eigenvalue weighted by atomic mass is 16.5. The zero-order chi connectivity index (χ0) is 12.1. The summed E-state index contributed by atoms with van der Waals surface area (Å²) in [7, 11) is 0. The Balaban J connectivity index is 2.14. The molecule has 2 rings (SSSR count). The van der Waals surface area contributed by atoms with Crippen molar-refractivity contribution in [2.75, 3.05) is 13.2 Å². The van der Waals surface area contributed by atoms with E-state index in [1.54, 1.807) is 6.07 Å². The smallest absolute Gasteiger partial charge is 0.161 e. The molecule has 0 radical (unpaired) electrons. The van der Waals surface area contributed by atoms with Crippen LogP contribution in [0.4, 0.5) is 0 Å². The summed E-state index contributed by atoms with van der Waals surface area (Å²) in [6, 6.07) is 11.4. The Hall–Kier alpha value is -1.74. The Bertz CT molecular complexity index is 494. The quantitative estimate of drug-likeness (QED) is 0.779. The lowest BCUT2D eigenvalue weighted by Crippen LogP contribution is -1.98. The van der Waals surface area contributed by atoms with Gasteiger partial charge in [0, 0.05) is 6.61 Å². The van der Waals surface area contributed by atoms with Crippen molar-refractivity contribution in [1.29, 1.82) is 0 Å². The van der Waals surface area contributed by atoms with Crippen molar-refractivity contribution in [1.82, 2.24) is 0 Å². The van der Waals surface area contributed by atoms with Crippen LogP contribution in [0.15, 0.2) is 36.4 Å². The second-order valence-electron chi connectivity index (χ2n) is 3.95. The van der Waals surface area contributed by atoms with Crippen LogP contribution in [-0.4, -0.2) is 23.4 Å². The van der Waals surface area contributed by atoms with Crippen molar-refractivity contribution in [3.63, 3.8) is 0 Å². The number of aliphatic hydroxyl groups is 1. The van der Waals surface area contributed by atoms with Crippen LogP contribution >= 0.6 is 0 Å². The molecular weight excluding hydrogens is 216 g/mol. The van der Waals surface area contributed by atoms with Crippen molar-refractivity contribution < 1.29 is 14.9 Å². The number of fused-ring (bicyclic) bond motifs is 1. The first-order valence-corrected chi connectivity index (χ1v) is 5.76. The standard InChI is InChI=1S/C14H16O3/c15-7-3-4-8-17-14-10-12-6-2-1-5-11(12)9-13(14)16/h1-2,5-6,9-10,15-16H,3-4,7-8H2. The minimum atomic E-state index is 0.160. The third kappa shape index (κ3) is 2.88. The largest absolute Gasteiger partial charge is 0.504 e. The molecule has 0 aliphatic carbocycles. The summed E-state index contributed by atoms with van der Waals surface area (Å²) in [6.45, 7) is 0.680. The molecule has 90 valence electrons. The number of phenolic OH excluding ortho intramolecular Hbond substituents is 1. The highest BCUT2D eigenvalue weighted by Gasteiger charge is 2.04. The maximum atomic E-state index is 9.79. The van der Waals surface area contributed by atoms with Gasteiger partial charge in [-0.15, -0.1) is 0 Å². The molecule has 2 aromatic carbocycles. The second-order valence-corrected chi connectivity index (χ2v) is 3.95. The van der Waals surface area contributed by atoms with Gasteiger partial charge >= 0.3 is 0 Å². The summed E-state index contributed by atoms with van der Waals surface area (Å²) in [6.07, 6.45) is 1.50. The minimum absolute atomic E-state index is 0.160. The monoisotopic (exact) mass is 232 g/mol. The first-order chi connectivity index (χ1) is 8.31. The van der Waals surface area contributed by atoms with Gasteiger partial charge < -0.3 is 14.9 Å². The molecule has 2 N–H and O–H groups in total. The Morgan fingerprint density at radius 1 is 1.00 bits per heavy atom. The molecule has 0 fully saturated rings. The number of phenols is 1. The summed E-state index contributed by atoms with van der Waals surface area (Å²) >= 11 is 0. The van der Waals surface area contributed by atoms with E-state index in [0.29, 0.717) is 18.8 Å². The molecule has 17 heavy (non-hydrogen) atoms. The molecule has 3 heteroatoms. The fourth-order valence-electron chi connectivity index (χ4n) is 1.72. The van der Waals surface area contributed by atoms with Crippen molar-refractivity contribution >= 4 is 10.8 Å². The van der Waals surface area contributed by atoms with Crippen LogP contribution in [0, 0.1) is 0 Å². The molecule has 0 bridgehead atoms. The van der Waals surface area contributed by atoms with E-state index in [-0.39, 0.29) is 12.4 Å². The van der Waals surface area contributed by atoms with Crippen LogP contribution in [0.1, 0.15) is 12.8 Å². The molecule has 2 aromatic rings. The van der Waals surface area contributed by atoms with Gasteiger partial charge in [0.15, 0.2) is 11.5 Å². The molecule has 0 saturated carbocycles. The molecule has 0 heterocycles. The summed E-state index contributed by atoms with van der Waals surface area (Å²) in [5.41, 5.74) is 0. The number of aliphatic hydroxyl groups excluding tert-OH is 1. The van der Waals surface area contributed by atoms with Crippen molar-refractivity contribution in [3.8, 4) is 11.5 Å². The summed E-state index contributed by atoms with van der Waals surface area (Å²) in [5, 5.41) is 20.5. The summed E-state index contributed by atoms with van der Waals surface area (Å²) in [5.74, 6) is 0.661. The van der Waals surface area contributed by atoms with E-state index in [9.17, 15) is 5.11 Å². The van der Waals surface area contributed by atoms with E-state index in [0.717, 1.165) is 17.2 Å². The van der Waals surface area contributed by atoms with Crippen LogP contribution in [0.3, 0.4) is 0 Å². The van der Waals surface area contributed by atoms with Gasteiger partial charge in [-0.3, -0.25) is 0 Å². The third-order valence-electron chi connectivity index (χ3n) is 2.64. The number of hydrogen-bond acceptors (Lipinski definition) is 3. The highest BCUT2D eigenvalue weighted by Crippen LogP contribution is 2.31. The molecular formula is C14H16O3. The average molecular weight is 232 g/mol. The van der Waals surface area contributed by atoms with Gasteiger partial charge in [0.05, 0.1) is 6.61 Å². The molecule has 0 spiro atoms. The predicted octanol–water partition coefficient (Wildman–Crippen LogP) is 2.70. The number of aromatic hydroxyl groups is 1. The Labute approximate surface area is 100 Å². The van der Waals surface area contributed by atoms with E-state index < -0.39 is 0 Å². The Morgan fingerprint density at radius 3 is 2.41 bits per heavy atom. The molecule has 3 nitrogen and oxygen atoms in total. The lowest BCUT2D eigenvalue weighted by atomic mass is 10.1. The minimum Gasteiger partial charge on any atom is -0.504 e. The number of unbranched alkanes of at least 4 members (excludes halogenated alkanes) is 1. The van der Waals surface area contributed by atoms with E-state index in [1.807, 2.05) is 30.3 Å². The van der Waals surface area contributed by atoms with Gasteiger partial charge in [-0.2, -0.15) is 0 Å². The van der Waals surface area contributed by atoms with Crippen LogP contribution in [0.2, 0.25) is 0 Å². The van der Waals surface area contributed by atoms with Crippen LogP contribution in [0.25, 0.3) is 10.8 Å². The molecule has 0 amide bonds. The Kier molecular flexibility index (Phi) is 3.83. The number of benzene rings is 2. The third-order valence-corrected chi connectivity index (χ3v) is 2.64. The van der Waals surface area contributed by atoms with Crippen molar-refractivity contribution in [2.45, 2.75) is 12.8 Å². The van der Waals surface area contributed by atoms with Gasteiger partial charge in [0.1, 0.15) is 0 Å². The topological polar surface area (TPSA) is 49.7 Å². The maximum absolute atomic E-state index is 9.79. The maximum Gasteiger partial charge on any atom is 0.161 e. The fraction of sp³-hybridized carbons (Fsp3) is 0.286. The summed E-state index contributed by atoms with van der Waals surface area (Å²) < 4.78 is 5.49. The zero-order valence-electron chi connectivity index (χ0n) is 9.60. The molecule has 0 aromatic heterocycles. The number of hydrogen-bond donors (Lipinski definition) is 2. The van der Waals surface area contributed by atoms with E-state index in [1.165, 1.54) is 0 Å². The van der Waals surface area contributed by atoms with E-state index >= 15 is 0 Å². The molecule has 0 aliphatic heterocycles. The predicted molar refractivity (Wildman–Crippen MR) is 67.4 cm³/mol. The van der Waals surface area contributed by atoms with Crippen molar-refractivity contribution in [2.24, 2.45) is 0 Å².